The third kappa shape index (κ3) is 7.05. The summed E-state index contributed by atoms with van der Waals surface area (Å²) in [6.45, 7) is 10.8. The molecule has 2 aromatic rings. The SMILES string of the molecule is CCc1ccc(C2CC(O)CC(COP3(=O)OC(C)(C)CC(C)(C)O3)O2)cc1Cc1ccc2c(c1)OCCO2. The van der Waals surface area contributed by atoms with E-state index < -0.39 is 31.2 Å². The molecule has 0 aromatic heterocycles. The summed E-state index contributed by atoms with van der Waals surface area (Å²) in [5, 5.41) is 10.7. The van der Waals surface area contributed by atoms with Crippen molar-refractivity contribution in [3.63, 3.8) is 0 Å². The quantitative estimate of drug-likeness (QED) is 0.394. The molecular formula is C30H41O8P. The van der Waals surface area contributed by atoms with Crippen LogP contribution in [-0.2, 0) is 35.7 Å². The molecule has 0 radical (unpaired) electrons. The summed E-state index contributed by atoms with van der Waals surface area (Å²) in [5.41, 5.74) is 3.34. The normalized spacial score (nSPS) is 27.2. The van der Waals surface area contributed by atoms with Gasteiger partial charge < -0.3 is 19.3 Å². The van der Waals surface area contributed by atoms with Crippen LogP contribution in [0.15, 0.2) is 36.4 Å². The number of aliphatic hydroxyl groups excluding tert-OH is 1. The van der Waals surface area contributed by atoms with Gasteiger partial charge in [0.25, 0.3) is 0 Å². The third-order valence-electron chi connectivity index (χ3n) is 7.35. The zero-order valence-electron chi connectivity index (χ0n) is 23.6. The van der Waals surface area contributed by atoms with Crippen LogP contribution in [-0.4, -0.2) is 48.3 Å². The van der Waals surface area contributed by atoms with E-state index in [1.807, 2.05) is 33.8 Å². The minimum atomic E-state index is -3.78. The Balaban J connectivity index is 1.29. The second-order valence-corrected chi connectivity index (χ2v) is 13.5. The maximum Gasteiger partial charge on any atom is 0.475 e. The monoisotopic (exact) mass is 560 g/mol. The summed E-state index contributed by atoms with van der Waals surface area (Å²) in [4.78, 5) is 0. The van der Waals surface area contributed by atoms with Crippen molar-refractivity contribution in [3.8, 4) is 11.5 Å². The second kappa shape index (κ2) is 11.2. The van der Waals surface area contributed by atoms with Crippen molar-refractivity contribution in [2.45, 2.75) is 96.2 Å². The summed E-state index contributed by atoms with van der Waals surface area (Å²) in [5.74, 6) is 1.57. The van der Waals surface area contributed by atoms with E-state index in [1.54, 1.807) is 0 Å². The molecule has 3 aliphatic rings. The van der Waals surface area contributed by atoms with Crippen molar-refractivity contribution < 1.29 is 37.5 Å². The summed E-state index contributed by atoms with van der Waals surface area (Å²) >= 11 is 0. The minimum absolute atomic E-state index is 0.00803. The lowest BCUT2D eigenvalue weighted by molar-refractivity contribution is -0.128. The molecule has 2 aromatic carbocycles. The van der Waals surface area contributed by atoms with Gasteiger partial charge in [0.1, 0.15) is 13.2 Å². The van der Waals surface area contributed by atoms with Crippen molar-refractivity contribution in [1.29, 1.82) is 0 Å². The van der Waals surface area contributed by atoms with Crippen LogP contribution >= 0.6 is 7.82 Å². The molecular weight excluding hydrogens is 519 g/mol. The summed E-state index contributed by atoms with van der Waals surface area (Å²) < 4.78 is 48.4. The van der Waals surface area contributed by atoms with Gasteiger partial charge in [0, 0.05) is 19.3 Å². The lowest BCUT2D eigenvalue weighted by atomic mass is 9.91. The van der Waals surface area contributed by atoms with E-state index in [-0.39, 0.29) is 12.7 Å². The standard InChI is InChI=1S/C30H41O8P/c1-6-21-8-9-22(15-23(21)13-20-7-10-26-28(14-20)34-12-11-33-26)27-17-24(31)16-25(36-27)18-35-39(32)37-29(2,3)19-30(4,5)38-39/h7-10,14-15,24-25,27,31H,6,11-13,16-19H2,1-5H3. The number of hydrogen-bond donors (Lipinski definition) is 1. The van der Waals surface area contributed by atoms with Gasteiger partial charge in [-0.2, -0.15) is 0 Å². The van der Waals surface area contributed by atoms with E-state index in [0.29, 0.717) is 32.5 Å². The van der Waals surface area contributed by atoms with Gasteiger partial charge in [-0.25, -0.2) is 4.57 Å². The number of ether oxygens (including phenoxy) is 3. The van der Waals surface area contributed by atoms with Crippen LogP contribution in [0.25, 0.3) is 0 Å². The first-order valence-corrected chi connectivity index (χ1v) is 15.4. The van der Waals surface area contributed by atoms with E-state index in [9.17, 15) is 9.67 Å². The first kappa shape index (κ1) is 28.6. The second-order valence-electron chi connectivity index (χ2n) is 12.0. The van der Waals surface area contributed by atoms with Crippen molar-refractivity contribution in [1.82, 2.24) is 0 Å². The van der Waals surface area contributed by atoms with E-state index in [0.717, 1.165) is 35.5 Å². The maximum atomic E-state index is 13.3. The Bertz CT molecular complexity index is 1210. The zero-order valence-corrected chi connectivity index (χ0v) is 24.5. The molecule has 3 heterocycles. The fraction of sp³-hybridized carbons (Fsp3) is 0.600. The lowest BCUT2D eigenvalue weighted by Gasteiger charge is -2.43. The highest BCUT2D eigenvalue weighted by atomic mass is 31.2. The molecule has 5 rings (SSSR count). The molecule has 8 nitrogen and oxygen atoms in total. The Kier molecular flexibility index (Phi) is 8.18. The largest absolute Gasteiger partial charge is 0.486 e. The summed E-state index contributed by atoms with van der Waals surface area (Å²) in [6, 6.07) is 12.5. The summed E-state index contributed by atoms with van der Waals surface area (Å²) in [6.07, 6.45) is 1.80. The highest BCUT2D eigenvalue weighted by Crippen LogP contribution is 2.61. The minimum Gasteiger partial charge on any atom is -0.486 e. The Morgan fingerprint density at radius 1 is 0.949 bits per heavy atom. The molecule has 3 atom stereocenters. The molecule has 0 amide bonds. The van der Waals surface area contributed by atoms with Gasteiger partial charge >= 0.3 is 7.82 Å². The number of phosphoric acid groups is 1. The number of phosphoric ester groups is 1. The zero-order chi connectivity index (χ0) is 27.8. The highest BCUT2D eigenvalue weighted by Gasteiger charge is 2.49. The Morgan fingerprint density at radius 3 is 2.38 bits per heavy atom. The molecule has 0 aliphatic carbocycles. The van der Waals surface area contributed by atoms with E-state index in [4.69, 9.17) is 27.8 Å². The fourth-order valence-corrected chi connectivity index (χ4v) is 7.86. The van der Waals surface area contributed by atoms with Crippen LogP contribution in [0.4, 0.5) is 0 Å². The summed E-state index contributed by atoms with van der Waals surface area (Å²) in [7, 11) is -3.78. The van der Waals surface area contributed by atoms with Crippen molar-refractivity contribution in [3.05, 3.63) is 58.7 Å². The van der Waals surface area contributed by atoms with Crippen LogP contribution in [0.5, 0.6) is 11.5 Å². The van der Waals surface area contributed by atoms with Crippen LogP contribution in [0, 0.1) is 0 Å². The Hall–Kier alpha value is -1.93. The third-order valence-corrected chi connectivity index (χ3v) is 9.25. The average molecular weight is 561 g/mol. The van der Waals surface area contributed by atoms with E-state index in [1.165, 1.54) is 11.1 Å². The predicted molar refractivity (Wildman–Crippen MR) is 147 cm³/mol. The van der Waals surface area contributed by atoms with Gasteiger partial charge in [-0.1, -0.05) is 31.2 Å². The first-order valence-electron chi connectivity index (χ1n) is 13.9. The van der Waals surface area contributed by atoms with Crippen LogP contribution < -0.4 is 9.47 Å². The molecule has 9 heteroatoms. The number of fused-ring (bicyclic) bond motifs is 1. The van der Waals surface area contributed by atoms with Gasteiger partial charge in [0.15, 0.2) is 11.5 Å². The maximum absolute atomic E-state index is 13.3. The van der Waals surface area contributed by atoms with Gasteiger partial charge in [-0.05, 0) is 74.9 Å². The topological polar surface area (TPSA) is 92.7 Å². The lowest BCUT2D eigenvalue weighted by Crippen LogP contribution is -2.42. The molecule has 1 N–H and O–H groups in total. The number of benzene rings is 2. The van der Waals surface area contributed by atoms with Gasteiger partial charge in [0.2, 0.25) is 0 Å². The van der Waals surface area contributed by atoms with Gasteiger partial charge in [-0.15, -0.1) is 0 Å². The molecule has 0 bridgehead atoms. The van der Waals surface area contributed by atoms with Crippen LogP contribution in [0.3, 0.4) is 0 Å². The van der Waals surface area contributed by atoms with Crippen molar-refractivity contribution in [2.24, 2.45) is 0 Å². The van der Waals surface area contributed by atoms with Crippen LogP contribution in [0.1, 0.15) is 82.2 Å². The fourth-order valence-electron chi connectivity index (χ4n) is 6.03. The van der Waals surface area contributed by atoms with E-state index >= 15 is 0 Å². The number of hydrogen-bond acceptors (Lipinski definition) is 8. The average Bonchev–Trinajstić information content (AvgIpc) is 2.85. The molecule has 3 aliphatic heterocycles. The molecule has 214 valence electrons. The number of aryl methyl sites for hydroxylation is 1. The molecule has 3 unspecified atom stereocenters. The first-order chi connectivity index (χ1) is 18.4. The highest BCUT2D eigenvalue weighted by molar-refractivity contribution is 7.48. The molecule has 39 heavy (non-hydrogen) atoms. The Labute approximate surface area is 231 Å². The molecule has 0 saturated carbocycles. The molecule has 2 saturated heterocycles. The number of rotatable bonds is 7. The molecule has 0 spiro atoms. The Morgan fingerprint density at radius 2 is 1.67 bits per heavy atom. The van der Waals surface area contributed by atoms with Crippen molar-refractivity contribution in [2.75, 3.05) is 19.8 Å². The van der Waals surface area contributed by atoms with Crippen LogP contribution in [0.2, 0.25) is 0 Å². The molecule has 2 fully saturated rings. The number of aliphatic hydroxyl groups is 1. The smallest absolute Gasteiger partial charge is 0.475 e. The van der Waals surface area contributed by atoms with E-state index in [2.05, 4.69) is 37.3 Å². The predicted octanol–water partition coefficient (Wildman–Crippen LogP) is 6.31. The van der Waals surface area contributed by atoms with Gasteiger partial charge in [-0.3, -0.25) is 13.6 Å². The van der Waals surface area contributed by atoms with Crippen molar-refractivity contribution >= 4 is 7.82 Å². The van der Waals surface area contributed by atoms with Gasteiger partial charge in [0.05, 0.1) is 36.1 Å².